The molecular formula is C14H18BrClO3. The highest BCUT2D eigenvalue weighted by atomic mass is 79.9. The molecule has 106 valence electrons. The smallest absolute Gasteiger partial charge is 0.324 e. The Morgan fingerprint density at radius 1 is 1.42 bits per heavy atom. The normalized spacial score (nSPS) is 12.4. The van der Waals surface area contributed by atoms with Crippen molar-refractivity contribution in [1.29, 1.82) is 0 Å². The van der Waals surface area contributed by atoms with Crippen molar-refractivity contribution in [3.63, 3.8) is 0 Å². The Bertz CT molecular complexity index is 460. The van der Waals surface area contributed by atoms with Crippen LogP contribution in [-0.4, -0.2) is 19.7 Å². The molecule has 0 saturated carbocycles. The first-order valence-corrected chi connectivity index (χ1v) is 7.39. The van der Waals surface area contributed by atoms with Gasteiger partial charge in [-0.15, -0.1) is 0 Å². The molecule has 0 aliphatic rings. The van der Waals surface area contributed by atoms with Crippen LogP contribution < -0.4 is 4.74 Å². The molecule has 0 bridgehead atoms. The Balaban J connectivity index is 3.26. The van der Waals surface area contributed by atoms with E-state index in [0.717, 1.165) is 5.56 Å². The van der Waals surface area contributed by atoms with Gasteiger partial charge < -0.3 is 9.47 Å². The van der Waals surface area contributed by atoms with E-state index in [1.807, 2.05) is 12.1 Å². The lowest BCUT2D eigenvalue weighted by atomic mass is 9.99. The fourth-order valence-corrected chi connectivity index (χ4v) is 2.50. The van der Waals surface area contributed by atoms with Crippen LogP contribution in [-0.2, 0) is 9.53 Å². The van der Waals surface area contributed by atoms with Crippen molar-refractivity contribution in [2.24, 2.45) is 0 Å². The third-order valence-electron chi connectivity index (χ3n) is 2.73. The fourth-order valence-electron chi connectivity index (χ4n) is 1.72. The number of carbonyl (C=O) groups is 1. The van der Waals surface area contributed by atoms with Crippen LogP contribution in [0.3, 0.4) is 0 Å². The molecular weight excluding hydrogens is 332 g/mol. The second kappa shape index (κ2) is 7.15. The number of hydrogen-bond donors (Lipinski definition) is 0. The molecule has 0 aromatic heterocycles. The molecule has 3 nitrogen and oxygen atoms in total. The number of rotatable bonds is 5. The van der Waals surface area contributed by atoms with Crippen LogP contribution in [0.2, 0.25) is 5.02 Å². The maximum atomic E-state index is 11.8. The van der Waals surface area contributed by atoms with Crippen molar-refractivity contribution in [3.8, 4) is 5.75 Å². The van der Waals surface area contributed by atoms with Crippen molar-refractivity contribution in [2.45, 2.75) is 31.5 Å². The van der Waals surface area contributed by atoms with Gasteiger partial charge in [0.1, 0.15) is 10.6 Å². The van der Waals surface area contributed by atoms with E-state index in [1.165, 1.54) is 7.11 Å². The molecule has 0 amide bonds. The zero-order valence-corrected chi connectivity index (χ0v) is 13.8. The molecule has 1 aromatic carbocycles. The van der Waals surface area contributed by atoms with Crippen molar-refractivity contribution in [1.82, 2.24) is 0 Å². The largest absolute Gasteiger partial charge is 0.495 e. The summed E-state index contributed by atoms with van der Waals surface area (Å²) in [5.41, 5.74) is 1.74. The molecule has 0 saturated heterocycles. The van der Waals surface area contributed by atoms with Crippen LogP contribution in [0.15, 0.2) is 12.1 Å². The van der Waals surface area contributed by atoms with Gasteiger partial charge in [-0.25, -0.2) is 0 Å². The highest BCUT2D eigenvalue weighted by Gasteiger charge is 2.25. The lowest BCUT2D eigenvalue weighted by Gasteiger charge is -2.17. The van der Waals surface area contributed by atoms with Gasteiger partial charge in [0.15, 0.2) is 0 Å². The van der Waals surface area contributed by atoms with E-state index in [-0.39, 0.29) is 5.97 Å². The summed E-state index contributed by atoms with van der Waals surface area (Å²) in [6, 6.07) is 3.78. The van der Waals surface area contributed by atoms with Crippen molar-refractivity contribution in [3.05, 3.63) is 28.3 Å². The van der Waals surface area contributed by atoms with E-state index in [2.05, 4.69) is 29.8 Å². The van der Waals surface area contributed by atoms with Crippen LogP contribution in [0.5, 0.6) is 5.75 Å². The van der Waals surface area contributed by atoms with Crippen LogP contribution in [0.4, 0.5) is 0 Å². The molecule has 0 spiro atoms. The minimum Gasteiger partial charge on any atom is -0.495 e. The maximum Gasteiger partial charge on any atom is 0.324 e. The van der Waals surface area contributed by atoms with Gasteiger partial charge in [0.25, 0.3) is 0 Å². The number of ether oxygens (including phenoxy) is 2. The number of benzene rings is 1. The molecule has 0 aliphatic carbocycles. The van der Waals surface area contributed by atoms with E-state index in [4.69, 9.17) is 21.1 Å². The van der Waals surface area contributed by atoms with Gasteiger partial charge in [0.05, 0.1) is 18.7 Å². The Kier molecular flexibility index (Phi) is 6.14. The monoisotopic (exact) mass is 348 g/mol. The van der Waals surface area contributed by atoms with Gasteiger partial charge in [0.2, 0.25) is 0 Å². The molecule has 5 heteroatoms. The number of carbonyl (C=O) groups excluding carboxylic acids is 1. The van der Waals surface area contributed by atoms with Crippen LogP contribution in [0.25, 0.3) is 0 Å². The highest BCUT2D eigenvalue weighted by Crippen LogP contribution is 2.39. The topological polar surface area (TPSA) is 35.5 Å². The predicted octanol–water partition coefficient (Wildman–Crippen LogP) is 4.47. The van der Waals surface area contributed by atoms with Crippen LogP contribution in [0.1, 0.15) is 42.6 Å². The lowest BCUT2D eigenvalue weighted by molar-refractivity contribution is -0.142. The molecule has 19 heavy (non-hydrogen) atoms. The summed E-state index contributed by atoms with van der Waals surface area (Å²) in [4.78, 5) is 11.3. The van der Waals surface area contributed by atoms with Gasteiger partial charge in [-0.3, -0.25) is 4.79 Å². The van der Waals surface area contributed by atoms with E-state index in [9.17, 15) is 4.79 Å². The second-order valence-electron chi connectivity index (χ2n) is 4.39. The first-order chi connectivity index (χ1) is 8.92. The zero-order valence-electron chi connectivity index (χ0n) is 11.5. The number of methoxy groups -OCH3 is 1. The van der Waals surface area contributed by atoms with Crippen molar-refractivity contribution >= 4 is 33.5 Å². The SMILES string of the molecule is CCOC(=O)C(Br)c1cc(C(C)C)cc(Cl)c1OC. The molecule has 0 N–H and O–H groups in total. The summed E-state index contributed by atoms with van der Waals surface area (Å²) in [6.07, 6.45) is 0. The van der Waals surface area contributed by atoms with Crippen molar-refractivity contribution in [2.75, 3.05) is 13.7 Å². The van der Waals surface area contributed by atoms with Gasteiger partial charge in [-0.2, -0.15) is 0 Å². The molecule has 0 heterocycles. The van der Waals surface area contributed by atoms with Crippen LogP contribution in [0, 0.1) is 0 Å². The first kappa shape index (κ1) is 16.3. The highest BCUT2D eigenvalue weighted by molar-refractivity contribution is 9.09. The fraction of sp³-hybridized carbons (Fsp3) is 0.500. The Morgan fingerprint density at radius 2 is 2.05 bits per heavy atom. The Morgan fingerprint density at radius 3 is 2.53 bits per heavy atom. The molecule has 1 aromatic rings. The molecule has 1 atom stereocenters. The summed E-state index contributed by atoms with van der Waals surface area (Å²) in [5.74, 6) is 0.461. The van der Waals surface area contributed by atoms with Crippen LogP contribution >= 0.6 is 27.5 Å². The number of halogens is 2. The molecule has 0 fully saturated rings. The summed E-state index contributed by atoms with van der Waals surface area (Å²) < 4.78 is 10.3. The van der Waals surface area contributed by atoms with Gasteiger partial charge >= 0.3 is 5.97 Å². The standard InChI is InChI=1S/C14H18BrClO3/c1-5-19-14(17)12(15)10-6-9(8(2)3)7-11(16)13(10)18-4/h6-8,12H,5H2,1-4H3. The van der Waals surface area contributed by atoms with Gasteiger partial charge in [0, 0.05) is 5.56 Å². The quantitative estimate of drug-likeness (QED) is 0.581. The lowest BCUT2D eigenvalue weighted by Crippen LogP contribution is -2.12. The average Bonchev–Trinajstić information content (AvgIpc) is 2.36. The summed E-state index contributed by atoms with van der Waals surface area (Å²) in [5, 5.41) is 0.498. The second-order valence-corrected chi connectivity index (χ2v) is 5.72. The van der Waals surface area contributed by atoms with Gasteiger partial charge in [-0.05, 0) is 24.5 Å². The molecule has 0 radical (unpaired) electrons. The molecule has 1 unspecified atom stereocenters. The number of esters is 1. The van der Waals surface area contributed by atoms with E-state index < -0.39 is 4.83 Å². The van der Waals surface area contributed by atoms with E-state index in [1.54, 1.807) is 6.92 Å². The third-order valence-corrected chi connectivity index (χ3v) is 3.88. The minimum absolute atomic E-state index is 0.309. The number of hydrogen-bond acceptors (Lipinski definition) is 3. The van der Waals surface area contributed by atoms with Gasteiger partial charge in [-0.1, -0.05) is 47.4 Å². The summed E-state index contributed by atoms with van der Waals surface area (Å²) in [7, 11) is 1.53. The average molecular weight is 350 g/mol. The number of alkyl halides is 1. The molecule has 1 rings (SSSR count). The molecule has 0 aliphatic heterocycles. The summed E-state index contributed by atoms with van der Waals surface area (Å²) in [6.45, 7) is 6.23. The van der Waals surface area contributed by atoms with E-state index >= 15 is 0 Å². The zero-order chi connectivity index (χ0) is 14.6. The third kappa shape index (κ3) is 3.86. The Hall–Kier alpha value is -0.740. The summed E-state index contributed by atoms with van der Waals surface area (Å²) >= 11 is 9.55. The Labute approximate surface area is 127 Å². The van der Waals surface area contributed by atoms with Crippen molar-refractivity contribution < 1.29 is 14.3 Å². The maximum absolute atomic E-state index is 11.8. The predicted molar refractivity (Wildman–Crippen MR) is 80.4 cm³/mol. The minimum atomic E-state index is -0.585. The van der Waals surface area contributed by atoms with E-state index in [0.29, 0.717) is 28.9 Å². The first-order valence-electron chi connectivity index (χ1n) is 6.10.